The number of hydrogen-bond acceptors (Lipinski definition) is 3. The molecular formula is C12H17ClN2O. The molecule has 1 aliphatic heterocycles. The molecule has 1 heterocycles. The van der Waals surface area contributed by atoms with Crippen molar-refractivity contribution in [3.63, 3.8) is 0 Å². The summed E-state index contributed by atoms with van der Waals surface area (Å²) >= 11 is 5.88. The highest BCUT2D eigenvalue weighted by Gasteiger charge is 2.27. The van der Waals surface area contributed by atoms with Crippen LogP contribution in [0.5, 0.6) is 0 Å². The Balaban J connectivity index is 2.21. The average Bonchev–Trinajstić information content (AvgIpc) is 2.74. The van der Waals surface area contributed by atoms with Crippen molar-refractivity contribution in [3.05, 3.63) is 34.9 Å². The first-order valence-corrected chi connectivity index (χ1v) is 5.97. The van der Waals surface area contributed by atoms with Crippen molar-refractivity contribution < 1.29 is 4.84 Å². The summed E-state index contributed by atoms with van der Waals surface area (Å²) in [6.45, 7) is 3.73. The Morgan fingerprint density at radius 3 is 2.56 bits per heavy atom. The molecule has 0 saturated carbocycles. The molecule has 0 radical (unpaired) electrons. The SMILES string of the molecule is CC(N)C(c1ccc(Cl)cc1)N1CCCO1. The lowest BCUT2D eigenvalue weighted by atomic mass is 10.0. The van der Waals surface area contributed by atoms with Gasteiger partial charge in [-0.15, -0.1) is 0 Å². The first-order chi connectivity index (χ1) is 7.68. The van der Waals surface area contributed by atoms with Crippen molar-refractivity contribution >= 4 is 11.6 Å². The van der Waals surface area contributed by atoms with Gasteiger partial charge in [0.05, 0.1) is 12.6 Å². The van der Waals surface area contributed by atoms with Crippen LogP contribution in [0.3, 0.4) is 0 Å². The molecule has 4 heteroatoms. The van der Waals surface area contributed by atoms with E-state index in [4.69, 9.17) is 22.2 Å². The van der Waals surface area contributed by atoms with Gasteiger partial charge >= 0.3 is 0 Å². The van der Waals surface area contributed by atoms with Gasteiger partial charge in [0.15, 0.2) is 0 Å². The van der Waals surface area contributed by atoms with Crippen LogP contribution in [0, 0.1) is 0 Å². The predicted molar refractivity (Wildman–Crippen MR) is 65.1 cm³/mol. The molecule has 1 aromatic carbocycles. The number of nitrogens with two attached hydrogens (primary N) is 1. The topological polar surface area (TPSA) is 38.5 Å². The van der Waals surface area contributed by atoms with Crippen molar-refractivity contribution in [2.45, 2.75) is 25.4 Å². The van der Waals surface area contributed by atoms with E-state index in [2.05, 4.69) is 0 Å². The van der Waals surface area contributed by atoms with Crippen LogP contribution in [0.1, 0.15) is 24.9 Å². The molecule has 2 unspecified atom stereocenters. The van der Waals surface area contributed by atoms with Crippen LogP contribution in [-0.2, 0) is 4.84 Å². The molecule has 1 saturated heterocycles. The first kappa shape index (κ1) is 11.9. The Labute approximate surface area is 101 Å². The summed E-state index contributed by atoms with van der Waals surface area (Å²) in [5.74, 6) is 0. The molecule has 1 fully saturated rings. The molecule has 2 atom stereocenters. The zero-order valence-electron chi connectivity index (χ0n) is 9.40. The lowest BCUT2D eigenvalue weighted by Crippen LogP contribution is -2.37. The van der Waals surface area contributed by atoms with E-state index in [1.54, 1.807) is 0 Å². The maximum Gasteiger partial charge on any atom is 0.0750 e. The third-order valence-electron chi connectivity index (χ3n) is 2.80. The fraction of sp³-hybridized carbons (Fsp3) is 0.500. The smallest absolute Gasteiger partial charge is 0.0750 e. The van der Waals surface area contributed by atoms with E-state index in [-0.39, 0.29) is 12.1 Å². The summed E-state index contributed by atoms with van der Waals surface area (Å²) in [6, 6.07) is 7.94. The summed E-state index contributed by atoms with van der Waals surface area (Å²) < 4.78 is 0. The molecule has 2 rings (SSSR count). The van der Waals surface area contributed by atoms with Gasteiger partial charge in [0.25, 0.3) is 0 Å². The van der Waals surface area contributed by atoms with E-state index in [0.29, 0.717) is 0 Å². The Bertz CT molecular complexity index is 333. The van der Waals surface area contributed by atoms with Crippen molar-refractivity contribution in [3.8, 4) is 0 Å². The Kier molecular flexibility index (Phi) is 3.82. The molecule has 16 heavy (non-hydrogen) atoms. The van der Waals surface area contributed by atoms with Crippen molar-refractivity contribution in [2.75, 3.05) is 13.2 Å². The molecule has 0 aliphatic carbocycles. The highest BCUT2D eigenvalue weighted by molar-refractivity contribution is 6.30. The monoisotopic (exact) mass is 240 g/mol. The average molecular weight is 241 g/mol. The Morgan fingerprint density at radius 2 is 2.06 bits per heavy atom. The lowest BCUT2D eigenvalue weighted by Gasteiger charge is -2.29. The molecule has 0 bridgehead atoms. The van der Waals surface area contributed by atoms with Crippen LogP contribution in [-0.4, -0.2) is 24.3 Å². The first-order valence-electron chi connectivity index (χ1n) is 5.59. The van der Waals surface area contributed by atoms with E-state index in [0.717, 1.165) is 30.2 Å². The number of hydroxylamine groups is 2. The second-order valence-electron chi connectivity index (χ2n) is 4.18. The predicted octanol–water partition coefficient (Wildman–Crippen LogP) is 2.37. The van der Waals surface area contributed by atoms with Gasteiger partial charge < -0.3 is 5.73 Å². The third-order valence-corrected chi connectivity index (χ3v) is 3.05. The minimum atomic E-state index is 0.0271. The van der Waals surface area contributed by atoms with Crippen molar-refractivity contribution in [2.24, 2.45) is 5.73 Å². The Morgan fingerprint density at radius 1 is 1.38 bits per heavy atom. The van der Waals surface area contributed by atoms with E-state index in [1.807, 2.05) is 36.3 Å². The normalized spacial score (nSPS) is 20.9. The second kappa shape index (κ2) is 5.15. The zero-order valence-corrected chi connectivity index (χ0v) is 10.2. The van der Waals surface area contributed by atoms with Gasteiger partial charge in [-0.1, -0.05) is 23.7 Å². The summed E-state index contributed by atoms with van der Waals surface area (Å²) in [5.41, 5.74) is 7.19. The van der Waals surface area contributed by atoms with Crippen LogP contribution in [0.2, 0.25) is 5.02 Å². The molecule has 3 nitrogen and oxygen atoms in total. The molecular weight excluding hydrogens is 224 g/mol. The number of nitrogens with zero attached hydrogens (tertiary/aromatic N) is 1. The molecule has 88 valence electrons. The summed E-state index contributed by atoms with van der Waals surface area (Å²) in [7, 11) is 0. The van der Waals surface area contributed by atoms with Gasteiger partial charge in [-0.2, -0.15) is 5.06 Å². The van der Waals surface area contributed by atoms with Crippen molar-refractivity contribution in [1.82, 2.24) is 5.06 Å². The van der Waals surface area contributed by atoms with Gasteiger partial charge in [-0.3, -0.25) is 4.84 Å². The van der Waals surface area contributed by atoms with E-state index >= 15 is 0 Å². The molecule has 2 N–H and O–H groups in total. The molecule has 1 aliphatic rings. The quantitative estimate of drug-likeness (QED) is 0.882. The lowest BCUT2D eigenvalue weighted by molar-refractivity contribution is -0.147. The molecule has 0 aromatic heterocycles. The van der Waals surface area contributed by atoms with Crippen LogP contribution < -0.4 is 5.73 Å². The Hall–Kier alpha value is -0.610. The molecule has 0 spiro atoms. The van der Waals surface area contributed by atoms with Gasteiger partial charge in [-0.25, -0.2) is 0 Å². The standard InChI is InChI=1S/C12H17ClN2O/c1-9(14)12(15-7-2-8-16-15)10-3-5-11(13)6-4-10/h3-6,9,12H,2,7-8,14H2,1H3. The number of hydrogen-bond donors (Lipinski definition) is 1. The highest BCUT2D eigenvalue weighted by atomic mass is 35.5. The van der Waals surface area contributed by atoms with E-state index in [9.17, 15) is 0 Å². The summed E-state index contributed by atoms with van der Waals surface area (Å²) in [4.78, 5) is 5.58. The summed E-state index contributed by atoms with van der Waals surface area (Å²) in [6.07, 6.45) is 1.07. The van der Waals surface area contributed by atoms with Crippen molar-refractivity contribution in [1.29, 1.82) is 0 Å². The number of benzene rings is 1. The fourth-order valence-corrected chi connectivity index (χ4v) is 2.20. The van der Waals surface area contributed by atoms with Crippen LogP contribution in [0.15, 0.2) is 24.3 Å². The van der Waals surface area contributed by atoms with Gasteiger partial charge in [0.2, 0.25) is 0 Å². The summed E-state index contributed by atoms with van der Waals surface area (Å²) in [5, 5.41) is 2.72. The third kappa shape index (κ3) is 2.55. The van der Waals surface area contributed by atoms with Gasteiger partial charge in [-0.05, 0) is 31.0 Å². The largest absolute Gasteiger partial charge is 0.326 e. The van der Waals surface area contributed by atoms with E-state index in [1.165, 1.54) is 0 Å². The van der Waals surface area contributed by atoms with E-state index < -0.39 is 0 Å². The van der Waals surface area contributed by atoms with Gasteiger partial charge in [0.1, 0.15) is 0 Å². The zero-order chi connectivity index (χ0) is 11.5. The van der Waals surface area contributed by atoms with Gasteiger partial charge in [0, 0.05) is 17.6 Å². The maximum atomic E-state index is 6.03. The highest BCUT2D eigenvalue weighted by Crippen LogP contribution is 2.27. The molecule has 0 amide bonds. The molecule has 1 aromatic rings. The minimum absolute atomic E-state index is 0.0271. The van der Waals surface area contributed by atoms with Crippen LogP contribution in [0.25, 0.3) is 0 Å². The fourth-order valence-electron chi connectivity index (χ4n) is 2.08. The van der Waals surface area contributed by atoms with Crippen LogP contribution >= 0.6 is 11.6 Å². The van der Waals surface area contributed by atoms with Crippen LogP contribution in [0.4, 0.5) is 0 Å². The minimum Gasteiger partial charge on any atom is -0.326 e. The number of halogens is 1. The number of rotatable bonds is 3. The maximum absolute atomic E-state index is 6.03. The second-order valence-corrected chi connectivity index (χ2v) is 4.62.